The predicted molar refractivity (Wildman–Crippen MR) is 68.9 cm³/mol. The van der Waals surface area contributed by atoms with Crippen LogP contribution in [0.2, 0.25) is 0 Å². The van der Waals surface area contributed by atoms with E-state index in [1.807, 2.05) is 6.92 Å². The number of hydrogen-bond acceptors (Lipinski definition) is 4. The summed E-state index contributed by atoms with van der Waals surface area (Å²) in [6, 6.07) is 3.49. The van der Waals surface area contributed by atoms with E-state index in [1.54, 1.807) is 6.20 Å². The number of benzene rings is 1. The summed E-state index contributed by atoms with van der Waals surface area (Å²) >= 11 is 0. The second-order valence-corrected chi connectivity index (χ2v) is 4.36. The fourth-order valence-electron chi connectivity index (χ4n) is 1.84. The van der Waals surface area contributed by atoms with Crippen molar-refractivity contribution in [3.8, 4) is 0 Å². The van der Waals surface area contributed by atoms with Gasteiger partial charge in [-0.15, -0.1) is 0 Å². The summed E-state index contributed by atoms with van der Waals surface area (Å²) in [7, 11) is 0. The van der Waals surface area contributed by atoms with Gasteiger partial charge in [0, 0.05) is 13.0 Å². The summed E-state index contributed by atoms with van der Waals surface area (Å²) in [5.41, 5.74) is -0.332. The lowest BCUT2D eigenvalue weighted by Gasteiger charge is -2.13. The van der Waals surface area contributed by atoms with Crippen molar-refractivity contribution < 1.29 is 18.3 Å². The zero-order valence-corrected chi connectivity index (χ0v) is 11.1. The van der Waals surface area contributed by atoms with Gasteiger partial charge in [-0.3, -0.25) is 0 Å². The predicted octanol–water partition coefficient (Wildman–Crippen LogP) is 2.34. The second-order valence-electron chi connectivity index (χ2n) is 4.36. The smallest absolute Gasteiger partial charge is 0.208 e. The molecule has 2 rings (SSSR count). The lowest BCUT2D eigenvalue weighted by Crippen LogP contribution is -2.22. The van der Waals surface area contributed by atoms with Crippen molar-refractivity contribution in [1.29, 1.82) is 0 Å². The van der Waals surface area contributed by atoms with Crippen molar-refractivity contribution in [3.63, 3.8) is 0 Å². The normalized spacial score (nSPS) is 12.6. The van der Waals surface area contributed by atoms with Crippen LogP contribution in [0, 0.1) is 11.6 Å². The van der Waals surface area contributed by atoms with Gasteiger partial charge in [0.25, 0.3) is 0 Å². The number of rotatable bonds is 6. The molecule has 0 aliphatic carbocycles. The number of hydrogen-bond donors (Lipinski definition) is 2. The summed E-state index contributed by atoms with van der Waals surface area (Å²) < 4.78 is 32.2. The molecule has 2 N–H and O–H groups in total. The van der Waals surface area contributed by atoms with Crippen molar-refractivity contribution in [1.82, 2.24) is 10.3 Å². The van der Waals surface area contributed by atoms with Gasteiger partial charge < -0.3 is 14.8 Å². The van der Waals surface area contributed by atoms with Crippen LogP contribution >= 0.6 is 0 Å². The molecule has 0 aliphatic rings. The van der Waals surface area contributed by atoms with E-state index in [9.17, 15) is 13.9 Å². The first kappa shape index (κ1) is 14.6. The minimum atomic E-state index is -1.27. The molecule has 2 aromatic rings. The molecule has 0 saturated carbocycles. The Morgan fingerprint density at radius 3 is 2.65 bits per heavy atom. The third-order valence-electron chi connectivity index (χ3n) is 2.90. The lowest BCUT2D eigenvalue weighted by atomic mass is 10.1. The molecule has 1 unspecified atom stereocenters. The highest BCUT2D eigenvalue weighted by molar-refractivity contribution is 5.22. The van der Waals surface area contributed by atoms with Crippen LogP contribution in [0.3, 0.4) is 0 Å². The average Bonchev–Trinajstić information content (AvgIpc) is 2.86. The van der Waals surface area contributed by atoms with Gasteiger partial charge in [-0.25, -0.2) is 13.8 Å². The number of nitrogens with one attached hydrogen (secondary N) is 1. The van der Waals surface area contributed by atoms with Crippen LogP contribution in [-0.4, -0.2) is 16.6 Å². The first-order valence-electron chi connectivity index (χ1n) is 6.38. The van der Waals surface area contributed by atoms with E-state index in [1.165, 1.54) is 6.07 Å². The molecule has 4 nitrogen and oxygen atoms in total. The molecule has 0 amide bonds. The Hall–Kier alpha value is -1.79. The van der Waals surface area contributed by atoms with Gasteiger partial charge in [0.1, 0.15) is 17.4 Å². The molecule has 0 aliphatic heterocycles. The number of aromatic nitrogens is 1. The lowest BCUT2D eigenvalue weighted by molar-refractivity contribution is 0.163. The van der Waals surface area contributed by atoms with E-state index in [0.717, 1.165) is 24.3 Å². The van der Waals surface area contributed by atoms with E-state index in [2.05, 4.69) is 10.3 Å². The summed E-state index contributed by atoms with van der Waals surface area (Å²) in [6.45, 7) is 2.23. The average molecular weight is 282 g/mol. The van der Waals surface area contributed by atoms with Gasteiger partial charge in [0.2, 0.25) is 5.89 Å². The first-order chi connectivity index (χ1) is 9.61. The summed E-state index contributed by atoms with van der Waals surface area (Å²) in [5, 5.41) is 12.7. The number of oxazole rings is 1. The van der Waals surface area contributed by atoms with E-state index >= 15 is 0 Å². The zero-order chi connectivity index (χ0) is 14.5. The summed E-state index contributed by atoms with van der Waals surface area (Å²) in [5.74, 6) is -0.280. The van der Waals surface area contributed by atoms with Crippen molar-refractivity contribution in [3.05, 3.63) is 53.2 Å². The largest absolute Gasteiger partial charge is 0.444 e. The third kappa shape index (κ3) is 3.40. The van der Waals surface area contributed by atoms with Crippen LogP contribution in [0.25, 0.3) is 0 Å². The van der Waals surface area contributed by atoms with Gasteiger partial charge in [-0.05, 0) is 12.1 Å². The number of aliphatic hydroxyl groups is 1. The van der Waals surface area contributed by atoms with Gasteiger partial charge in [0.15, 0.2) is 0 Å². The molecule has 1 aromatic heterocycles. The number of aryl methyl sites for hydroxylation is 1. The van der Waals surface area contributed by atoms with E-state index in [0.29, 0.717) is 5.89 Å². The van der Waals surface area contributed by atoms with Crippen LogP contribution < -0.4 is 5.32 Å². The SMILES string of the molecule is CCc1cnc(CNCC(O)c2c(F)cccc2F)o1. The number of aliphatic hydroxyl groups excluding tert-OH is 1. The molecule has 1 atom stereocenters. The number of nitrogens with zero attached hydrogens (tertiary/aromatic N) is 1. The van der Waals surface area contributed by atoms with Gasteiger partial charge in [-0.1, -0.05) is 13.0 Å². The molecule has 1 aromatic carbocycles. The molecular weight excluding hydrogens is 266 g/mol. The van der Waals surface area contributed by atoms with Crippen molar-refractivity contribution >= 4 is 0 Å². The van der Waals surface area contributed by atoms with Crippen LogP contribution in [-0.2, 0) is 13.0 Å². The zero-order valence-electron chi connectivity index (χ0n) is 11.1. The maximum Gasteiger partial charge on any atom is 0.208 e. The Balaban J connectivity index is 1.90. The molecule has 0 saturated heterocycles. The maximum absolute atomic E-state index is 13.4. The standard InChI is InChI=1S/C14H16F2N2O2/c1-2-9-6-18-13(20-9)8-17-7-12(19)14-10(15)4-3-5-11(14)16/h3-6,12,17,19H,2,7-8H2,1H3. The number of halogens is 2. The molecule has 108 valence electrons. The molecule has 0 fully saturated rings. The molecule has 6 heteroatoms. The summed E-state index contributed by atoms with van der Waals surface area (Å²) in [4.78, 5) is 4.03. The third-order valence-corrected chi connectivity index (χ3v) is 2.90. The van der Waals surface area contributed by atoms with Gasteiger partial charge >= 0.3 is 0 Å². The van der Waals surface area contributed by atoms with Gasteiger partial charge in [0.05, 0.1) is 24.4 Å². The topological polar surface area (TPSA) is 58.3 Å². The van der Waals surface area contributed by atoms with Crippen molar-refractivity contribution in [2.24, 2.45) is 0 Å². The molecule has 20 heavy (non-hydrogen) atoms. The Kier molecular flexibility index (Phi) is 4.81. The first-order valence-corrected chi connectivity index (χ1v) is 6.38. The highest BCUT2D eigenvalue weighted by Gasteiger charge is 2.17. The van der Waals surface area contributed by atoms with E-state index in [-0.39, 0.29) is 18.7 Å². The monoisotopic (exact) mass is 282 g/mol. The van der Waals surface area contributed by atoms with Crippen LogP contribution in [0.5, 0.6) is 0 Å². The fraction of sp³-hybridized carbons (Fsp3) is 0.357. The highest BCUT2D eigenvalue weighted by Crippen LogP contribution is 2.20. The minimum absolute atomic E-state index is 0.00168. The molecule has 0 bridgehead atoms. The molecular formula is C14H16F2N2O2. The molecule has 0 radical (unpaired) electrons. The van der Waals surface area contributed by atoms with E-state index < -0.39 is 17.7 Å². The summed E-state index contributed by atoms with van der Waals surface area (Å²) in [6.07, 6.45) is 1.11. The van der Waals surface area contributed by atoms with Crippen molar-refractivity contribution in [2.75, 3.05) is 6.54 Å². The molecule has 0 spiro atoms. The molecule has 1 heterocycles. The van der Waals surface area contributed by atoms with Crippen LogP contribution in [0.15, 0.2) is 28.8 Å². The Labute approximate surface area is 115 Å². The van der Waals surface area contributed by atoms with Crippen LogP contribution in [0.4, 0.5) is 8.78 Å². The van der Waals surface area contributed by atoms with Gasteiger partial charge in [-0.2, -0.15) is 0 Å². The fourth-order valence-corrected chi connectivity index (χ4v) is 1.84. The Morgan fingerprint density at radius 1 is 1.35 bits per heavy atom. The van der Waals surface area contributed by atoms with Crippen LogP contribution in [0.1, 0.15) is 30.2 Å². The van der Waals surface area contributed by atoms with Crippen molar-refractivity contribution in [2.45, 2.75) is 26.0 Å². The highest BCUT2D eigenvalue weighted by atomic mass is 19.1. The van der Waals surface area contributed by atoms with E-state index in [4.69, 9.17) is 4.42 Å². The Bertz CT molecular complexity index is 552. The quantitative estimate of drug-likeness (QED) is 0.854. The Morgan fingerprint density at radius 2 is 2.05 bits per heavy atom. The second kappa shape index (κ2) is 6.58. The minimum Gasteiger partial charge on any atom is -0.444 e. The maximum atomic E-state index is 13.4.